The molecule has 0 aliphatic rings. The molecule has 2 atom stereocenters. The van der Waals surface area contributed by atoms with Crippen LogP contribution in [0.2, 0.25) is 0 Å². The molecule has 3 N–H and O–H groups in total. The van der Waals surface area contributed by atoms with Gasteiger partial charge >= 0.3 is 0 Å². The summed E-state index contributed by atoms with van der Waals surface area (Å²) in [5.74, 6) is 1.41. The zero-order valence-electron chi connectivity index (χ0n) is 24.8. The molecule has 226 valence electrons. The number of imidazole rings is 1. The number of aromatic nitrogens is 4. The van der Waals surface area contributed by atoms with Gasteiger partial charge in [0.1, 0.15) is 11.6 Å². The molecule has 0 saturated heterocycles. The van der Waals surface area contributed by atoms with Crippen molar-refractivity contribution in [2.75, 3.05) is 13.2 Å². The summed E-state index contributed by atoms with van der Waals surface area (Å²) in [6, 6.07) is 12.4. The number of benzene rings is 2. The number of aliphatic hydroxyl groups is 1. The Morgan fingerprint density at radius 3 is 2.50 bits per heavy atom. The fraction of sp³-hybridized carbons (Fsp3) is 0.452. The van der Waals surface area contributed by atoms with Crippen molar-refractivity contribution in [3.8, 4) is 17.1 Å². The predicted molar refractivity (Wildman–Crippen MR) is 163 cm³/mol. The van der Waals surface area contributed by atoms with Gasteiger partial charge in [-0.3, -0.25) is 4.79 Å². The monoisotopic (exact) mass is 595 g/mol. The number of hydrogen-bond acceptors (Lipinski definition) is 7. The fourth-order valence-corrected chi connectivity index (χ4v) is 6.45. The molecule has 42 heavy (non-hydrogen) atoms. The lowest BCUT2D eigenvalue weighted by Gasteiger charge is -2.18. The van der Waals surface area contributed by atoms with Crippen molar-refractivity contribution in [2.45, 2.75) is 83.1 Å². The lowest BCUT2D eigenvalue weighted by atomic mass is 9.97. The van der Waals surface area contributed by atoms with E-state index in [-0.39, 0.29) is 22.2 Å². The van der Waals surface area contributed by atoms with E-state index in [9.17, 15) is 18.3 Å². The largest absolute Gasteiger partial charge is 0.493 e. The molecule has 11 heteroatoms. The van der Waals surface area contributed by atoms with Crippen LogP contribution in [-0.2, 0) is 10.0 Å². The van der Waals surface area contributed by atoms with Crippen molar-refractivity contribution in [1.82, 2.24) is 24.3 Å². The maximum Gasteiger partial charge on any atom is 0.277 e. The third kappa shape index (κ3) is 6.91. The van der Waals surface area contributed by atoms with Crippen LogP contribution in [0.4, 0.5) is 0 Å². The molecule has 2 aromatic heterocycles. The molecular formula is C31H41N5O5S. The fourth-order valence-electron chi connectivity index (χ4n) is 5.21. The van der Waals surface area contributed by atoms with Crippen molar-refractivity contribution in [2.24, 2.45) is 0 Å². The Hall–Kier alpha value is -3.54. The van der Waals surface area contributed by atoms with E-state index in [2.05, 4.69) is 23.6 Å². The van der Waals surface area contributed by atoms with Gasteiger partial charge in [0.2, 0.25) is 10.0 Å². The van der Waals surface area contributed by atoms with Crippen molar-refractivity contribution in [1.29, 1.82) is 0 Å². The van der Waals surface area contributed by atoms with Gasteiger partial charge in [0, 0.05) is 5.92 Å². The van der Waals surface area contributed by atoms with Crippen molar-refractivity contribution in [3.63, 3.8) is 0 Å². The Balaban J connectivity index is 1.78. The van der Waals surface area contributed by atoms with Gasteiger partial charge in [0.15, 0.2) is 11.3 Å². The van der Waals surface area contributed by atoms with Crippen LogP contribution in [0, 0.1) is 6.92 Å². The van der Waals surface area contributed by atoms with Crippen LogP contribution in [0.25, 0.3) is 16.9 Å². The highest BCUT2D eigenvalue weighted by Crippen LogP contribution is 2.32. The normalized spacial score (nSPS) is 13.4. The highest BCUT2D eigenvalue weighted by atomic mass is 32.2. The molecule has 10 nitrogen and oxygen atoms in total. The van der Waals surface area contributed by atoms with Crippen LogP contribution < -0.4 is 15.0 Å². The average Bonchev–Trinajstić information content (AvgIpc) is 3.33. The van der Waals surface area contributed by atoms with Gasteiger partial charge in [-0.05, 0) is 50.5 Å². The minimum absolute atomic E-state index is 0.0533. The van der Waals surface area contributed by atoms with Crippen LogP contribution in [0.3, 0.4) is 0 Å². The summed E-state index contributed by atoms with van der Waals surface area (Å²) in [6.45, 7) is 7.82. The van der Waals surface area contributed by atoms with Crippen LogP contribution in [-0.4, -0.2) is 46.3 Å². The second kappa shape index (κ2) is 14.1. The zero-order chi connectivity index (χ0) is 30.3. The first-order valence-corrected chi connectivity index (χ1v) is 16.2. The smallest absolute Gasteiger partial charge is 0.277 e. The highest BCUT2D eigenvalue weighted by molar-refractivity contribution is 7.89. The summed E-state index contributed by atoms with van der Waals surface area (Å²) in [7, 11) is -4.08. The third-order valence-electron chi connectivity index (χ3n) is 7.46. The first-order chi connectivity index (χ1) is 20.2. The first-order valence-electron chi connectivity index (χ1n) is 14.7. The Bertz CT molecular complexity index is 1650. The number of hydrogen-bond donors (Lipinski definition) is 3. The molecule has 2 unspecified atom stereocenters. The number of aryl methyl sites for hydroxylation is 1. The highest BCUT2D eigenvalue weighted by Gasteiger charge is 2.25. The van der Waals surface area contributed by atoms with E-state index in [0.29, 0.717) is 34.7 Å². The predicted octanol–water partition coefficient (Wildman–Crippen LogP) is 5.27. The number of fused-ring (bicyclic) bond motifs is 1. The van der Waals surface area contributed by atoms with Crippen LogP contribution >= 0.6 is 0 Å². The Morgan fingerprint density at radius 1 is 1.07 bits per heavy atom. The van der Waals surface area contributed by atoms with Crippen LogP contribution in [0.1, 0.15) is 88.3 Å². The van der Waals surface area contributed by atoms with E-state index in [4.69, 9.17) is 14.8 Å². The topological polar surface area (TPSA) is 139 Å². The quantitative estimate of drug-likeness (QED) is 0.159. The Morgan fingerprint density at radius 2 is 1.83 bits per heavy atom. The van der Waals surface area contributed by atoms with Crippen LogP contribution in [0.15, 0.2) is 58.2 Å². The number of H-pyrrole nitrogens is 1. The lowest BCUT2D eigenvalue weighted by molar-refractivity contribution is 0.259. The number of unbranched alkanes of at least 4 members (excludes halogenated alkanes) is 3. The van der Waals surface area contributed by atoms with Gasteiger partial charge in [-0.15, -0.1) is 5.10 Å². The summed E-state index contributed by atoms with van der Waals surface area (Å²) >= 11 is 0. The molecule has 0 aliphatic carbocycles. The molecular weight excluding hydrogens is 554 g/mol. The maximum absolute atomic E-state index is 13.5. The van der Waals surface area contributed by atoms with E-state index in [0.717, 1.165) is 37.9 Å². The van der Waals surface area contributed by atoms with Crippen molar-refractivity contribution < 1.29 is 18.3 Å². The van der Waals surface area contributed by atoms with Crippen molar-refractivity contribution >= 4 is 15.5 Å². The molecule has 0 bridgehead atoms. The number of aliphatic hydroxyl groups excluding tert-OH is 1. The summed E-state index contributed by atoms with van der Waals surface area (Å²) in [5.41, 5.74) is 1.56. The lowest BCUT2D eigenvalue weighted by Crippen LogP contribution is -2.31. The van der Waals surface area contributed by atoms with Gasteiger partial charge in [0.25, 0.3) is 5.56 Å². The van der Waals surface area contributed by atoms with E-state index in [1.54, 1.807) is 41.8 Å². The molecule has 2 aromatic carbocycles. The molecule has 0 amide bonds. The molecule has 0 spiro atoms. The number of sulfonamides is 1. The minimum atomic E-state index is -4.08. The zero-order valence-corrected chi connectivity index (χ0v) is 25.6. The SMILES string of the molecule is CCCCCCC(CC)c1nc(C)c2c(=O)[nH]c(-c3cc(S(=O)(=O)NC(CO)c4ccccc4)ccc3OCC)nn12. The number of ether oxygens (including phenoxy) is 1. The van der Waals surface area contributed by atoms with Gasteiger partial charge < -0.3 is 14.8 Å². The van der Waals surface area contributed by atoms with E-state index in [1.165, 1.54) is 18.6 Å². The molecule has 0 fully saturated rings. The molecule has 4 aromatic rings. The van der Waals surface area contributed by atoms with Gasteiger partial charge in [-0.1, -0.05) is 69.9 Å². The summed E-state index contributed by atoms with van der Waals surface area (Å²) in [5, 5.41) is 14.7. The van der Waals surface area contributed by atoms with Gasteiger partial charge in [0.05, 0.1) is 35.4 Å². The summed E-state index contributed by atoms with van der Waals surface area (Å²) in [6.07, 6.45) is 6.33. The van der Waals surface area contributed by atoms with Gasteiger partial charge in [-0.2, -0.15) is 0 Å². The standard InChI is InChI=1S/C31H41N5O5S/c1-5-8-9-11-14-22(6-2)30-32-21(4)28-31(38)33-29(34-36(28)30)25-19-24(17-18-27(25)41-7-3)42(39,40)35-26(20-37)23-15-12-10-13-16-23/h10,12-13,15-19,22,26,35,37H,5-9,11,14,20H2,1-4H3,(H,33,34,38). The minimum Gasteiger partial charge on any atom is -0.493 e. The van der Waals surface area contributed by atoms with E-state index < -0.39 is 22.7 Å². The summed E-state index contributed by atoms with van der Waals surface area (Å²) in [4.78, 5) is 20.9. The third-order valence-corrected chi connectivity index (χ3v) is 8.93. The second-order valence-electron chi connectivity index (χ2n) is 10.4. The van der Waals surface area contributed by atoms with E-state index in [1.807, 2.05) is 13.0 Å². The van der Waals surface area contributed by atoms with Gasteiger partial charge in [-0.25, -0.2) is 22.6 Å². The molecule has 0 radical (unpaired) electrons. The Kier molecular flexibility index (Phi) is 10.5. The number of rotatable bonds is 15. The average molecular weight is 596 g/mol. The number of nitrogens with zero attached hydrogens (tertiary/aromatic N) is 3. The molecule has 0 saturated carbocycles. The van der Waals surface area contributed by atoms with E-state index >= 15 is 0 Å². The Labute approximate surface area is 247 Å². The first kappa shape index (κ1) is 31.4. The second-order valence-corrected chi connectivity index (χ2v) is 12.1. The maximum atomic E-state index is 13.5. The molecule has 4 rings (SSSR count). The molecule has 2 heterocycles. The number of nitrogens with one attached hydrogen (secondary N) is 2. The summed E-state index contributed by atoms with van der Waals surface area (Å²) < 4.78 is 37.0. The molecule has 0 aliphatic heterocycles. The number of aromatic amines is 1. The van der Waals surface area contributed by atoms with Crippen molar-refractivity contribution in [3.05, 3.63) is 76.0 Å². The van der Waals surface area contributed by atoms with Crippen LogP contribution in [0.5, 0.6) is 5.75 Å².